The molecule has 22 heavy (non-hydrogen) atoms. The van der Waals surface area contributed by atoms with E-state index in [1.807, 2.05) is 6.92 Å². The maximum absolute atomic E-state index is 6.04. The molecule has 3 N–H and O–H groups in total. The van der Waals surface area contributed by atoms with Gasteiger partial charge in [-0.15, -0.1) is 24.0 Å². The number of hydrogen-bond acceptors (Lipinski definition) is 4. The summed E-state index contributed by atoms with van der Waals surface area (Å²) in [6, 6.07) is 1.67. The van der Waals surface area contributed by atoms with Gasteiger partial charge in [-0.05, 0) is 19.2 Å². The second kappa shape index (κ2) is 13.3. The third-order valence-electron chi connectivity index (χ3n) is 2.43. The van der Waals surface area contributed by atoms with Crippen LogP contribution in [0.4, 0.5) is 5.82 Å². The Bertz CT molecular complexity index is 462. The quantitative estimate of drug-likeness (QED) is 0.232. The predicted molar refractivity (Wildman–Crippen MR) is 111 cm³/mol. The number of aromatic nitrogens is 1. The maximum Gasteiger partial charge on any atom is 0.191 e. The predicted octanol–water partition coefficient (Wildman–Crippen LogP) is 3.34. The van der Waals surface area contributed by atoms with E-state index in [9.17, 15) is 0 Å². The Hall–Kier alpha value is -0.120. The monoisotopic (exact) mass is 477 g/mol. The lowest BCUT2D eigenvalue weighted by atomic mass is 10.4. The summed E-state index contributed by atoms with van der Waals surface area (Å²) in [7, 11) is 0. The van der Waals surface area contributed by atoms with Crippen LogP contribution in [-0.4, -0.2) is 49.1 Å². The van der Waals surface area contributed by atoms with Gasteiger partial charge in [-0.3, -0.25) is 4.99 Å². The van der Waals surface area contributed by atoms with Crippen LogP contribution in [0.3, 0.4) is 0 Å². The van der Waals surface area contributed by atoms with E-state index in [1.54, 1.807) is 24.0 Å². The molecule has 0 unspecified atom stereocenters. The Balaban J connectivity index is 0.00000441. The second-order valence-electron chi connectivity index (χ2n) is 4.09. The molecule has 0 aliphatic heterocycles. The van der Waals surface area contributed by atoms with Crippen LogP contribution in [0.15, 0.2) is 17.3 Å². The Kier molecular flexibility index (Phi) is 13.3. The van der Waals surface area contributed by atoms with Gasteiger partial charge in [0.05, 0.1) is 16.6 Å². The number of hydrogen-bond donors (Lipinski definition) is 3. The van der Waals surface area contributed by atoms with Crippen LogP contribution in [-0.2, 0) is 0 Å². The normalized spacial score (nSPS) is 10.8. The van der Waals surface area contributed by atoms with Gasteiger partial charge in [-0.1, -0.05) is 23.2 Å². The molecule has 0 atom stereocenters. The van der Waals surface area contributed by atoms with E-state index < -0.39 is 0 Å². The van der Waals surface area contributed by atoms with Crippen molar-refractivity contribution in [2.75, 3.05) is 43.5 Å². The van der Waals surface area contributed by atoms with Gasteiger partial charge in [0.25, 0.3) is 0 Å². The van der Waals surface area contributed by atoms with Crippen molar-refractivity contribution in [3.05, 3.63) is 22.3 Å². The van der Waals surface area contributed by atoms with Gasteiger partial charge < -0.3 is 16.0 Å². The molecule has 0 spiro atoms. The molecule has 0 saturated carbocycles. The highest BCUT2D eigenvalue weighted by molar-refractivity contribution is 14.0. The number of thioether (sulfide) groups is 1. The fraction of sp³-hybridized carbons (Fsp3) is 0.538. The smallest absolute Gasteiger partial charge is 0.191 e. The fourth-order valence-electron chi connectivity index (χ4n) is 1.50. The molecule has 0 fully saturated rings. The summed E-state index contributed by atoms with van der Waals surface area (Å²) >= 11 is 13.6. The molecule has 0 aliphatic rings. The number of nitrogens with one attached hydrogen (secondary N) is 3. The summed E-state index contributed by atoms with van der Waals surface area (Å²) in [4.78, 5) is 8.60. The molecule has 1 rings (SSSR count). The zero-order valence-corrected chi connectivity index (χ0v) is 17.3. The van der Waals surface area contributed by atoms with Crippen molar-refractivity contribution in [2.45, 2.75) is 6.92 Å². The maximum atomic E-state index is 6.04. The van der Waals surface area contributed by atoms with E-state index in [0.29, 0.717) is 29.0 Å². The zero-order valence-electron chi connectivity index (χ0n) is 12.7. The molecule has 1 aromatic heterocycles. The van der Waals surface area contributed by atoms with Crippen molar-refractivity contribution in [3.8, 4) is 0 Å². The SMILES string of the molecule is CCNC(=NCCSC)NCCNc1ncc(Cl)cc1Cl.I. The number of nitrogens with zero attached hydrogens (tertiary/aromatic N) is 2. The minimum Gasteiger partial charge on any atom is -0.367 e. The molecule has 126 valence electrons. The van der Waals surface area contributed by atoms with Crippen LogP contribution < -0.4 is 16.0 Å². The van der Waals surface area contributed by atoms with Crippen molar-refractivity contribution in [1.82, 2.24) is 15.6 Å². The first-order valence-corrected chi connectivity index (χ1v) is 8.88. The summed E-state index contributed by atoms with van der Waals surface area (Å²) in [5.41, 5.74) is 0. The molecular weight excluding hydrogens is 456 g/mol. The molecule has 5 nitrogen and oxygen atoms in total. The number of pyridine rings is 1. The zero-order chi connectivity index (χ0) is 15.5. The lowest BCUT2D eigenvalue weighted by molar-refractivity contribution is 0.824. The summed E-state index contributed by atoms with van der Waals surface area (Å²) in [5, 5.41) is 10.6. The largest absolute Gasteiger partial charge is 0.367 e. The molecule has 0 aromatic carbocycles. The molecule has 0 bridgehead atoms. The highest BCUT2D eigenvalue weighted by atomic mass is 127. The van der Waals surface area contributed by atoms with Gasteiger partial charge in [-0.2, -0.15) is 11.8 Å². The van der Waals surface area contributed by atoms with Crippen LogP contribution in [0.2, 0.25) is 10.0 Å². The van der Waals surface area contributed by atoms with Gasteiger partial charge >= 0.3 is 0 Å². The Labute approximate surface area is 163 Å². The molecule has 0 radical (unpaired) electrons. The molecule has 0 saturated heterocycles. The van der Waals surface area contributed by atoms with Gasteiger partial charge in [0.2, 0.25) is 0 Å². The highest BCUT2D eigenvalue weighted by Crippen LogP contribution is 2.21. The number of aliphatic imine (C=N–C) groups is 1. The minimum absolute atomic E-state index is 0. The van der Waals surface area contributed by atoms with Crippen molar-refractivity contribution >= 4 is 70.7 Å². The topological polar surface area (TPSA) is 61.3 Å². The van der Waals surface area contributed by atoms with Gasteiger partial charge in [-0.25, -0.2) is 4.98 Å². The van der Waals surface area contributed by atoms with Crippen LogP contribution in [0.5, 0.6) is 0 Å². The Morgan fingerprint density at radius 3 is 2.73 bits per heavy atom. The van der Waals surface area contributed by atoms with Crippen molar-refractivity contribution < 1.29 is 0 Å². The summed E-state index contributed by atoms with van der Waals surface area (Å²) in [6.45, 7) is 5.08. The molecular formula is C13H22Cl2IN5S. The van der Waals surface area contributed by atoms with Crippen molar-refractivity contribution in [1.29, 1.82) is 0 Å². The molecule has 1 aromatic rings. The third-order valence-corrected chi connectivity index (χ3v) is 3.51. The van der Waals surface area contributed by atoms with Crippen molar-refractivity contribution in [2.24, 2.45) is 4.99 Å². The average molecular weight is 478 g/mol. The van der Waals surface area contributed by atoms with Gasteiger partial charge in [0.15, 0.2) is 5.96 Å². The Morgan fingerprint density at radius 2 is 2.09 bits per heavy atom. The van der Waals surface area contributed by atoms with Gasteiger partial charge in [0.1, 0.15) is 5.82 Å². The first-order chi connectivity index (χ1) is 10.2. The molecule has 1 heterocycles. The van der Waals surface area contributed by atoms with E-state index in [1.165, 1.54) is 0 Å². The molecule has 0 amide bonds. The third kappa shape index (κ3) is 9.12. The number of halogens is 3. The van der Waals surface area contributed by atoms with Crippen LogP contribution in [0.25, 0.3) is 0 Å². The Morgan fingerprint density at radius 1 is 1.32 bits per heavy atom. The summed E-state index contributed by atoms with van der Waals surface area (Å²) in [5.74, 6) is 2.47. The lowest BCUT2D eigenvalue weighted by Gasteiger charge is -2.12. The minimum atomic E-state index is 0. The van der Waals surface area contributed by atoms with E-state index in [-0.39, 0.29) is 24.0 Å². The molecule has 9 heteroatoms. The van der Waals surface area contributed by atoms with Gasteiger partial charge in [0, 0.05) is 31.6 Å². The summed E-state index contributed by atoms with van der Waals surface area (Å²) in [6.07, 6.45) is 3.64. The van der Waals surface area contributed by atoms with E-state index in [4.69, 9.17) is 23.2 Å². The standard InChI is InChI=1S/C13H21Cl2N5S.HI/c1-3-16-13(19-6-7-21-2)18-5-4-17-12-11(15)8-10(14)9-20-12;/h8-9H,3-7H2,1-2H3,(H,17,20)(H2,16,18,19);1H. The van der Waals surface area contributed by atoms with Crippen molar-refractivity contribution in [3.63, 3.8) is 0 Å². The highest BCUT2D eigenvalue weighted by Gasteiger charge is 2.02. The van der Waals surface area contributed by atoms with E-state index in [2.05, 4.69) is 32.2 Å². The summed E-state index contributed by atoms with van der Waals surface area (Å²) < 4.78 is 0. The van der Waals surface area contributed by atoms with Crippen LogP contribution >= 0.6 is 58.9 Å². The number of anilines is 1. The fourth-order valence-corrected chi connectivity index (χ4v) is 2.22. The lowest BCUT2D eigenvalue weighted by Crippen LogP contribution is -2.39. The first-order valence-electron chi connectivity index (χ1n) is 6.73. The van der Waals surface area contributed by atoms with E-state index in [0.717, 1.165) is 24.8 Å². The molecule has 0 aliphatic carbocycles. The number of guanidine groups is 1. The van der Waals surface area contributed by atoms with E-state index >= 15 is 0 Å². The number of rotatable bonds is 8. The first kappa shape index (κ1) is 21.9. The van der Waals surface area contributed by atoms with Crippen LogP contribution in [0, 0.1) is 0 Å². The second-order valence-corrected chi connectivity index (χ2v) is 5.92. The average Bonchev–Trinajstić information content (AvgIpc) is 2.45. The van der Waals surface area contributed by atoms with Crippen LogP contribution in [0.1, 0.15) is 6.92 Å².